The molecule has 0 bridgehead atoms. The highest BCUT2D eigenvalue weighted by Gasteiger charge is 2.42. The minimum atomic E-state index is -0.410. The summed E-state index contributed by atoms with van der Waals surface area (Å²) in [7, 11) is 3.37. The number of rotatable bonds is 6. The van der Waals surface area contributed by atoms with E-state index in [1.165, 1.54) is 0 Å². The van der Waals surface area contributed by atoms with Crippen LogP contribution in [0.15, 0.2) is 30.3 Å². The maximum absolute atomic E-state index is 10.3. The average molecular weight is 294 g/mol. The first-order chi connectivity index (χ1) is 10.2. The van der Waals surface area contributed by atoms with Crippen LogP contribution in [0.2, 0.25) is 0 Å². The van der Waals surface area contributed by atoms with Crippen LogP contribution in [-0.2, 0) is 20.8 Å². The fourth-order valence-corrected chi connectivity index (χ4v) is 3.21. The van der Waals surface area contributed by atoms with Crippen LogP contribution in [0.3, 0.4) is 0 Å². The van der Waals surface area contributed by atoms with Gasteiger partial charge in [-0.15, -0.1) is 0 Å². The van der Waals surface area contributed by atoms with Gasteiger partial charge in [0.05, 0.1) is 31.0 Å². The van der Waals surface area contributed by atoms with Crippen LogP contribution in [0.1, 0.15) is 25.3 Å². The van der Waals surface area contributed by atoms with E-state index in [2.05, 4.69) is 0 Å². The molecule has 1 N–H and O–H groups in total. The van der Waals surface area contributed by atoms with E-state index < -0.39 is 6.10 Å². The van der Waals surface area contributed by atoms with Crippen LogP contribution in [0.4, 0.5) is 0 Å². The summed E-state index contributed by atoms with van der Waals surface area (Å²) in [5.74, 6) is -0.0718. The van der Waals surface area contributed by atoms with E-state index in [0.29, 0.717) is 6.61 Å². The highest BCUT2D eigenvalue weighted by molar-refractivity contribution is 5.13. The van der Waals surface area contributed by atoms with Crippen molar-refractivity contribution in [1.29, 1.82) is 0 Å². The summed E-state index contributed by atoms with van der Waals surface area (Å²) in [5, 5.41) is 10.3. The molecule has 1 aromatic rings. The van der Waals surface area contributed by atoms with Crippen LogP contribution in [0.5, 0.6) is 0 Å². The van der Waals surface area contributed by atoms with Crippen molar-refractivity contribution in [2.24, 2.45) is 5.92 Å². The van der Waals surface area contributed by atoms with Gasteiger partial charge in [-0.2, -0.15) is 0 Å². The zero-order chi connectivity index (χ0) is 15.2. The average Bonchev–Trinajstić information content (AvgIpc) is 2.53. The van der Waals surface area contributed by atoms with E-state index in [1.54, 1.807) is 14.2 Å². The first-order valence-corrected chi connectivity index (χ1v) is 7.56. The molecule has 0 radical (unpaired) electrons. The van der Waals surface area contributed by atoms with Crippen LogP contribution in [-0.4, -0.2) is 43.7 Å². The number of ether oxygens (including phenoxy) is 3. The third-order valence-corrected chi connectivity index (χ3v) is 4.41. The second-order valence-corrected chi connectivity index (χ2v) is 5.70. The summed E-state index contributed by atoms with van der Waals surface area (Å²) in [5.41, 5.74) is 1.13. The number of benzene rings is 1. The zero-order valence-electron chi connectivity index (χ0n) is 13.1. The number of hydrogen-bond donors (Lipinski definition) is 1. The SMILES string of the molecule is CO[C@H]1[C@H]([C@H](C)OCc2ccccc2)[C@@H](O)CC[C@H]1OC. The minimum Gasteiger partial charge on any atom is -0.393 e. The van der Waals surface area contributed by atoms with Gasteiger partial charge in [0.1, 0.15) is 0 Å². The fraction of sp³-hybridized carbons (Fsp3) is 0.647. The Bertz CT molecular complexity index is 409. The maximum Gasteiger partial charge on any atom is 0.0910 e. The Morgan fingerprint density at radius 1 is 1.14 bits per heavy atom. The fourth-order valence-electron chi connectivity index (χ4n) is 3.21. The van der Waals surface area contributed by atoms with E-state index in [4.69, 9.17) is 14.2 Å². The van der Waals surface area contributed by atoms with Crippen molar-refractivity contribution >= 4 is 0 Å². The van der Waals surface area contributed by atoms with Crippen LogP contribution >= 0.6 is 0 Å². The molecule has 1 aliphatic rings. The van der Waals surface area contributed by atoms with Gasteiger partial charge in [0.25, 0.3) is 0 Å². The second kappa shape index (κ2) is 7.90. The summed E-state index contributed by atoms with van der Waals surface area (Å²) < 4.78 is 17.0. The predicted octanol–water partition coefficient (Wildman–Crippen LogP) is 2.39. The number of methoxy groups -OCH3 is 2. The largest absolute Gasteiger partial charge is 0.393 e. The second-order valence-electron chi connectivity index (χ2n) is 5.70. The molecule has 21 heavy (non-hydrogen) atoms. The molecule has 1 aromatic carbocycles. The van der Waals surface area contributed by atoms with Gasteiger partial charge in [0.15, 0.2) is 0 Å². The third kappa shape index (κ3) is 4.04. The van der Waals surface area contributed by atoms with Crippen molar-refractivity contribution in [3.05, 3.63) is 35.9 Å². The quantitative estimate of drug-likeness (QED) is 0.875. The molecule has 0 aliphatic heterocycles. The summed E-state index contributed by atoms with van der Waals surface area (Å²) in [6.07, 6.45) is 0.922. The third-order valence-electron chi connectivity index (χ3n) is 4.41. The first kappa shape index (κ1) is 16.4. The molecule has 0 unspecified atom stereocenters. The summed E-state index contributed by atoms with van der Waals surface area (Å²) in [4.78, 5) is 0. The molecule has 0 aromatic heterocycles. The normalized spacial score (nSPS) is 31.0. The first-order valence-electron chi connectivity index (χ1n) is 7.56. The molecule has 1 fully saturated rings. The molecule has 118 valence electrons. The monoisotopic (exact) mass is 294 g/mol. The maximum atomic E-state index is 10.3. The van der Waals surface area contributed by atoms with E-state index in [9.17, 15) is 5.11 Å². The lowest BCUT2D eigenvalue weighted by molar-refractivity contribution is -0.163. The molecule has 4 heteroatoms. The van der Waals surface area contributed by atoms with Crippen molar-refractivity contribution < 1.29 is 19.3 Å². The molecule has 5 atom stereocenters. The molecule has 0 spiro atoms. The van der Waals surface area contributed by atoms with Gasteiger partial charge in [-0.05, 0) is 25.3 Å². The number of hydrogen-bond acceptors (Lipinski definition) is 4. The molecule has 1 aliphatic carbocycles. The molecule has 4 nitrogen and oxygen atoms in total. The topological polar surface area (TPSA) is 47.9 Å². The summed E-state index contributed by atoms with van der Waals surface area (Å²) in [6, 6.07) is 10.1. The Kier molecular flexibility index (Phi) is 6.18. The Labute approximate surface area is 127 Å². The number of aliphatic hydroxyl groups is 1. The van der Waals surface area contributed by atoms with Crippen LogP contribution < -0.4 is 0 Å². The molecular formula is C17H26O4. The van der Waals surface area contributed by atoms with Gasteiger partial charge in [0.2, 0.25) is 0 Å². The van der Waals surface area contributed by atoms with Crippen molar-refractivity contribution in [3.8, 4) is 0 Å². The predicted molar refractivity (Wildman–Crippen MR) is 81.0 cm³/mol. The van der Waals surface area contributed by atoms with Crippen molar-refractivity contribution in [2.45, 2.75) is 50.8 Å². The van der Waals surface area contributed by atoms with Crippen molar-refractivity contribution in [3.63, 3.8) is 0 Å². The van der Waals surface area contributed by atoms with E-state index in [1.807, 2.05) is 37.3 Å². The number of aliphatic hydroxyl groups excluding tert-OH is 1. The molecule has 0 amide bonds. The van der Waals surface area contributed by atoms with Crippen molar-refractivity contribution in [1.82, 2.24) is 0 Å². The van der Waals surface area contributed by atoms with Crippen LogP contribution in [0, 0.1) is 5.92 Å². The molecule has 1 saturated carbocycles. The van der Waals surface area contributed by atoms with Crippen molar-refractivity contribution in [2.75, 3.05) is 14.2 Å². The van der Waals surface area contributed by atoms with E-state index in [0.717, 1.165) is 18.4 Å². The van der Waals surface area contributed by atoms with Gasteiger partial charge in [-0.3, -0.25) is 0 Å². The molecule has 2 rings (SSSR count). The molecule has 0 heterocycles. The Balaban J connectivity index is 1.99. The standard InChI is InChI=1S/C17H26O4/c1-12(21-11-13-7-5-4-6-8-13)16-14(18)9-10-15(19-2)17(16)20-3/h4-8,12,14-18H,9-11H2,1-3H3/t12-,14-,15+,16+,17+/m0/s1. The lowest BCUT2D eigenvalue weighted by Gasteiger charge is -2.42. The highest BCUT2D eigenvalue weighted by Crippen LogP contribution is 2.32. The van der Waals surface area contributed by atoms with Gasteiger partial charge in [0, 0.05) is 20.1 Å². The highest BCUT2D eigenvalue weighted by atomic mass is 16.5. The Morgan fingerprint density at radius 3 is 2.48 bits per heavy atom. The molecule has 0 saturated heterocycles. The van der Waals surface area contributed by atoms with E-state index in [-0.39, 0.29) is 24.2 Å². The van der Waals surface area contributed by atoms with E-state index >= 15 is 0 Å². The molecular weight excluding hydrogens is 268 g/mol. The van der Waals surface area contributed by atoms with Gasteiger partial charge in [-0.25, -0.2) is 0 Å². The lowest BCUT2D eigenvalue weighted by Crippen LogP contribution is -2.51. The smallest absolute Gasteiger partial charge is 0.0910 e. The minimum absolute atomic E-state index is 0.0196. The zero-order valence-corrected chi connectivity index (χ0v) is 13.1. The Hall–Kier alpha value is -0.940. The van der Waals surface area contributed by atoms with Gasteiger partial charge < -0.3 is 19.3 Å². The van der Waals surface area contributed by atoms with Gasteiger partial charge >= 0.3 is 0 Å². The summed E-state index contributed by atoms with van der Waals surface area (Å²) >= 11 is 0. The summed E-state index contributed by atoms with van der Waals surface area (Å²) in [6.45, 7) is 2.54. The Morgan fingerprint density at radius 2 is 1.86 bits per heavy atom. The van der Waals surface area contributed by atoms with Crippen LogP contribution in [0.25, 0.3) is 0 Å². The lowest BCUT2D eigenvalue weighted by atomic mass is 9.79. The van der Waals surface area contributed by atoms with Gasteiger partial charge in [-0.1, -0.05) is 30.3 Å².